The number of hydrogen-bond donors (Lipinski definition) is 1. The predicted octanol–water partition coefficient (Wildman–Crippen LogP) is 1.52. The number of carbonyl (C=O) groups is 2. The number of imide groups is 1. The lowest BCUT2D eigenvalue weighted by Crippen LogP contribution is -2.24. The minimum atomic E-state index is -0.433. The standard InChI is InChI=1S/C14H16N2O4/c1-9-4-3-5-11-13(9)20-14(19)16(11)10(2)6-7-12(18)15-8-17/h3-5,8,10H,6-7H2,1-2H3,(H,15,17,18). The highest BCUT2D eigenvalue weighted by Gasteiger charge is 2.16. The summed E-state index contributed by atoms with van der Waals surface area (Å²) in [7, 11) is 0. The Morgan fingerprint density at radius 2 is 2.25 bits per heavy atom. The van der Waals surface area contributed by atoms with Gasteiger partial charge in [-0.05, 0) is 31.9 Å². The van der Waals surface area contributed by atoms with Crippen LogP contribution in [0.2, 0.25) is 0 Å². The number of aryl methyl sites for hydroxylation is 1. The molecule has 0 radical (unpaired) electrons. The summed E-state index contributed by atoms with van der Waals surface area (Å²) in [6.07, 6.45) is 0.975. The van der Waals surface area contributed by atoms with Crippen LogP contribution in [0.25, 0.3) is 11.1 Å². The topological polar surface area (TPSA) is 81.3 Å². The summed E-state index contributed by atoms with van der Waals surface area (Å²) in [5.74, 6) is -0.790. The number of nitrogens with zero attached hydrogens (tertiary/aromatic N) is 1. The maximum atomic E-state index is 11.9. The molecule has 0 aliphatic rings. The van der Waals surface area contributed by atoms with Crippen LogP contribution in [-0.2, 0) is 9.59 Å². The molecule has 2 rings (SSSR count). The van der Waals surface area contributed by atoms with Gasteiger partial charge in [-0.3, -0.25) is 19.5 Å². The van der Waals surface area contributed by atoms with Gasteiger partial charge < -0.3 is 4.42 Å². The summed E-state index contributed by atoms with van der Waals surface area (Å²) in [5, 5.41) is 2.08. The summed E-state index contributed by atoms with van der Waals surface area (Å²) < 4.78 is 6.79. The number of oxazole rings is 1. The maximum Gasteiger partial charge on any atom is 0.420 e. The minimum Gasteiger partial charge on any atom is -0.407 e. The second-order valence-corrected chi connectivity index (χ2v) is 4.73. The van der Waals surface area contributed by atoms with E-state index in [4.69, 9.17) is 4.42 Å². The Bertz CT molecular complexity index is 699. The highest BCUT2D eigenvalue weighted by atomic mass is 16.4. The molecule has 20 heavy (non-hydrogen) atoms. The zero-order valence-corrected chi connectivity index (χ0v) is 11.4. The SMILES string of the molecule is Cc1cccc2c1oc(=O)n2C(C)CCC(=O)NC=O. The average Bonchev–Trinajstić information content (AvgIpc) is 2.74. The number of carbonyl (C=O) groups excluding carboxylic acids is 2. The van der Waals surface area contributed by atoms with Gasteiger partial charge in [-0.25, -0.2) is 4.79 Å². The fraction of sp³-hybridized carbons (Fsp3) is 0.357. The third-order valence-corrected chi connectivity index (χ3v) is 3.29. The van der Waals surface area contributed by atoms with Crippen LogP contribution in [-0.4, -0.2) is 16.9 Å². The van der Waals surface area contributed by atoms with Gasteiger partial charge in [0.2, 0.25) is 12.3 Å². The normalized spacial score (nSPS) is 12.3. The average molecular weight is 276 g/mol. The third-order valence-electron chi connectivity index (χ3n) is 3.29. The Hall–Kier alpha value is -2.37. The predicted molar refractivity (Wildman–Crippen MR) is 73.4 cm³/mol. The molecule has 1 heterocycles. The van der Waals surface area contributed by atoms with E-state index in [1.165, 1.54) is 4.57 Å². The fourth-order valence-corrected chi connectivity index (χ4v) is 2.22. The second kappa shape index (κ2) is 5.73. The molecule has 1 unspecified atom stereocenters. The van der Waals surface area contributed by atoms with E-state index >= 15 is 0 Å². The van der Waals surface area contributed by atoms with Crippen molar-refractivity contribution in [2.45, 2.75) is 32.7 Å². The van der Waals surface area contributed by atoms with Crippen LogP contribution >= 0.6 is 0 Å². The van der Waals surface area contributed by atoms with Crippen molar-refractivity contribution < 1.29 is 14.0 Å². The smallest absolute Gasteiger partial charge is 0.407 e. The Balaban J connectivity index is 2.26. The molecule has 0 fully saturated rings. The van der Waals surface area contributed by atoms with Gasteiger partial charge in [0.25, 0.3) is 0 Å². The molecule has 1 atom stereocenters. The first-order valence-electron chi connectivity index (χ1n) is 6.38. The molecule has 1 aromatic heterocycles. The van der Waals surface area contributed by atoms with Crippen molar-refractivity contribution in [3.05, 3.63) is 34.3 Å². The van der Waals surface area contributed by atoms with Crippen LogP contribution < -0.4 is 11.1 Å². The fourth-order valence-electron chi connectivity index (χ4n) is 2.22. The number of fused-ring (bicyclic) bond motifs is 1. The van der Waals surface area contributed by atoms with Crippen molar-refractivity contribution in [1.29, 1.82) is 0 Å². The van der Waals surface area contributed by atoms with E-state index in [1.54, 1.807) is 0 Å². The Kier molecular flexibility index (Phi) is 4.02. The van der Waals surface area contributed by atoms with Crippen LogP contribution in [0.15, 0.2) is 27.4 Å². The molecule has 0 aliphatic heterocycles. The molecule has 0 saturated carbocycles. The molecule has 106 valence electrons. The third kappa shape index (κ3) is 2.64. The van der Waals surface area contributed by atoms with E-state index in [0.717, 1.165) is 11.1 Å². The van der Waals surface area contributed by atoms with Gasteiger partial charge in [-0.15, -0.1) is 0 Å². The second-order valence-electron chi connectivity index (χ2n) is 4.73. The van der Waals surface area contributed by atoms with Gasteiger partial charge in [-0.1, -0.05) is 12.1 Å². The number of amides is 2. The van der Waals surface area contributed by atoms with Gasteiger partial charge in [0.1, 0.15) is 0 Å². The highest BCUT2D eigenvalue weighted by molar-refractivity contribution is 5.85. The van der Waals surface area contributed by atoms with E-state index in [9.17, 15) is 14.4 Å². The van der Waals surface area contributed by atoms with Crippen molar-refractivity contribution in [3.8, 4) is 0 Å². The number of rotatable bonds is 5. The number of aromatic nitrogens is 1. The zero-order valence-electron chi connectivity index (χ0n) is 11.4. The van der Waals surface area contributed by atoms with Crippen molar-refractivity contribution in [3.63, 3.8) is 0 Å². The molecule has 1 N–H and O–H groups in total. The van der Waals surface area contributed by atoms with E-state index < -0.39 is 5.76 Å². The monoisotopic (exact) mass is 276 g/mol. The first-order chi connectivity index (χ1) is 9.54. The molecular formula is C14H16N2O4. The van der Waals surface area contributed by atoms with Gasteiger partial charge in [0.05, 0.1) is 5.52 Å². The van der Waals surface area contributed by atoms with Gasteiger partial charge >= 0.3 is 5.76 Å². The van der Waals surface area contributed by atoms with Crippen LogP contribution in [0, 0.1) is 6.92 Å². The summed E-state index contributed by atoms with van der Waals surface area (Å²) >= 11 is 0. The van der Waals surface area contributed by atoms with E-state index in [-0.39, 0.29) is 18.4 Å². The van der Waals surface area contributed by atoms with Crippen LogP contribution in [0.5, 0.6) is 0 Å². The number of hydrogen-bond acceptors (Lipinski definition) is 4. The Morgan fingerprint density at radius 1 is 1.50 bits per heavy atom. The first-order valence-corrected chi connectivity index (χ1v) is 6.38. The molecule has 0 bridgehead atoms. The molecule has 0 saturated heterocycles. The molecular weight excluding hydrogens is 260 g/mol. The minimum absolute atomic E-state index is 0.171. The zero-order chi connectivity index (χ0) is 14.7. The summed E-state index contributed by atoms with van der Waals surface area (Å²) in [5.41, 5.74) is 2.18. The van der Waals surface area contributed by atoms with Crippen molar-refractivity contribution in [2.24, 2.45) is 0 Å². The van der Waals surface area contributed by atoms with Gasteiger partial charge in [-0.2, -0.15) is 0 Å². The summed E-state index contributed by atoms with van der Waals surface area (Å²) in [4.78, 5) is 33.4. The molecule has 6 nitrogen and oxygen atoms in total. The molecule has 6 heteroatoms. The van der Waals surface area contributed by atoms with E-state index in [1.807, 2.05) is 32.0 Å². The Labute approximate surface area is 115 Å². The van der Waals surface area contributed by atoms with Gasteiger partial charge in [0, 0.05) is 12.5 Å². The summed E-state index contributed by atoms with van der Waals surface area (Å²) in [6, 6.07) is 5.35. The number of nitrogens with one attached hydrogen (secondary N) is 1. The molecule has 2 amide bonds. The van der Waals surface area contributed by atoms with Crippen LogP contribution in [0.1, 0.15) is 31.4 Å². The van der Waals surface area contributed by atoms with Crippen molar-refractivity contribution in [2.75, 3.05) is 0 Å². The molecule has 0 spiro atoms. The highest BCUT2D eigenvalue weighted by Crippen LogP contribution is 2.22. The maximum absolute atomic E-state index is 11.9. The molecule has 1 aromatic carbocycles. The summed E-state index contributed by atoms with van der Waals surface area (Å²) in [6.45, 7) is 3.71. The van der Waals surface area contributed by atoms with Gasteiger partial charge in [0.15, 0.2) is 5.58 Å². The van der Waals surface area contributed by atoms with E-state index in [2.05, 4.69) is 5.32 Å². The lowest BCUT2D eigenvalue weighted by atomic mass is 10.1. The largest absolute Gasteiger partial charge is 0.420 e. The molecule has 0 aliphatic carbocycles. The molecule has 2 aromatic rings. The lowest BCUT2D eigenvalue weighted by Gasteiger charge is -2.11. The number of para-hydroxylation sites is 1. The number of benzene rings is 1. The Morgan fingerprint density at radius 3 is 2.95 bits per heavy atom. The van der Waals surface area contributed by atoms with Crippen LogP contribution in [0.4, 0.5) is 0 Å². The lowest BCUT2D eigenvalue weighted by molar-refractivity contribution is -0.125. The van der Waals surface area contributed by atoms with Crippen molar-refractivity contribution in [1.82, 2.24) is 9.88 Å². The van der Waals surface area contributed by atoms with Crippen molar-refractivity contribution >= 4 is 23.4 Å². The van der Waals surface area contributed by atoms with Crippen LogP contribution in [0.3, 0.4) is 0 Å². The van der Waals surface area contributed by atoms with E-state index in [0.29, 0.717) is 18.4 Å². The quantitative estimate of drug-likeness (QED) is 0.839. The first kappa shape index (κ1) is 14.0.